The average molecular weight is 262 g/mol. The van der Waals surface area contributed by atoms with Crippen LogP contribution in [0.3, 0.4) is 0 Å². The van der Waals surface area contributed by atoms with Crippen LogP contribution in [0.2, 0.25) is 0 Å². The maximum absolute atomic E-state index is 9.75. The lowest BCUT2D eigenvalue weighted by Crippen LogP contribution is -2.20. The van der Waals surface area contributed by atoms with Crippen molar-refractivity contribution in [1.29, 1.82) is 0 Å². The summed E-state index contributed by atoms with van der Waals surface area (Å²) in [6.45, 7) is 2.78. The Bertz CT molecular complexity index is 513. The molecule has 0 spiro atoms. The summed E-state index contributed by atoms with van der Waals surface area (Å²) < 4.78 is 0. The quantitative estimate of drug-likeness (QED) is 0.592. The van der Waals surface area contributed by atoms with Gasteiger partial charge < -0.3 is 15.5 Å². The van der Waals surface area contributed by atoms with E-state index < -0.39 is 0 Å². The van der Waals surface area contributed by atoms with Gasteiger partial charge in [0.15, 0.2) is 0 Å². The predicted molar refractivity (Wildman–Crippen MR) is 70.9 cm³/mol. The number of hydrogen-bond donors (Lipinski definition) is 4. The number of nitrogens with one attached hydrogen (secondary N) is 2. The van der Waals surface area contributed by atoms with Crippen molar-refractivity contribution in [3.8, 4) is 11.5 Å². The summed E-state index contributed by atoms with van der Waals surface area (Å²) >= 11 is 0. The van der Waals surface area contributed by atoms with Crippen molar-refractivity contribution in [3.63, 3.8) is 0 Å². The van der Waals surface area contributed by atoms with Crippen LogP contribution in [0.5, 0.6) is 11.5 Å². The van der Waals surface area contributed by atoms with Crippen molar-refractivity contribution in [3.05, 3.63) is 35.9 Å². The van der Waals surface area contributed by atoms with Crippen LogP contribution >= 0.6 is 0 Å². The van der Waals surface area contributed by atoms with Gasteiger partial charge in [0.25, 0.3) is 0 Å². The summed E-state index contributed by atoms with van der Waals surface area (Å²) in [7, 11) is 0. The zero-order valence-corrected chi connectivity index (χ0v) is 10.8. The third-order valence-corrected chi connectivity index (χ3v) is 2.99. The van der Waals surface area contributed by atoms with Crippen molar-refractivity contribution >= 4 is 0 Å². The van der Waals surface area contributed by atoms with Crippen molar-refractivity contribution in [2.24, 2.45) is 0 Å². The van der Waals surface area contributed by atoms with Crippen LogP contribution in [-0.4, -0.2) is 31.9 Å². The molecule has 1 heterocycles. The number of rotatable bonds is 6. The highest BCUT2D eigenvalue weighted by Crippen LogP contribution is 2.27. The molecule has 102 valence electrons. The fourth-order valence-corrected chi connectivity index (χ4v) is 1.93. The Hall–Kier alpha value is -2.08. The summed E-state index contributed by atoms with van der Waals surface area (Å²) in [6, 6.07) is 4.66. The van der Waals surface area contributed by atoms with Crippen molar-refractivity contribution in [2.75, 3.05) is 6.54 Å². The molecule has 0 saturated carbocycles. The van der Waals surface area contributed by atoms with E-state index >= 15 is 0 Å². The number of aromatic amines is 1. The Balaban J connectivity index is 1.79. The van der Waals surface area contributed by atoms with Crippen LogP contribution in [0.1, 0.15) is 30.8 Å². The van der Waals surface area contributed by atoms with Crippen molar-refractivity contribution in [2.45, 2.75) is 25.8 Å². The van der Waals surface area contributed by atoms with Crippen LogP contribution in [-0.2, 0) is 6.42 Å². The molecule has 19 heavy (non-hydrogen) atoms. The van der Waals surface area contributed by atoms with Crippen LogP contribution in [0.15, 0.2) is 24.5 Å². The molecule has 4 N–H and O–H groups in total. The monoisotopic (exact) mass is 262 g/mol. The van der Waals surface area contributed by atoms with Crippen LogP contribution in [0, 0.1) is 0 Å². The summed E-state index contributed by atoms with van der Waals surface area (Å²) in [5, 5.41) is 28.9. The van der Waals surface area contributed by atoms with Gasteiger partial charge in [-0.25, -0.2) is 4.98 Å². The fraction of sp³-hybridized carbons (Fsp3) is 0.385. The maximum Gasteiger partial charge on any atom is 0.137 e. The van der Waals surface area contributed by atoms with Gasteiger partial charge in [0.1, 0.15) is 23.7 Å². The third kappa shape index (κ3) is 3.69. The first kappa shape index (κ1) is 13.4. The summed E-state index contributed by atoms with van der Waals surface area (Å²) in [6.07, 6.45) is 3.26. The summed E-state index contributed by atoms with van der Waals surface area (Å²) in [4.78, 5) is 4.05. The molecule has 2 rings (SSSR count). The fourth-order valence-electron chi connectivity index (χ4n) is 1.93. The zero-order chi connectivity index (χ0) is 13.7. The first-order chi connectivity index (χ1) is 9.16. The minimum absolute atomic E-state index is 0.0235. The highest BCUT2D eigenvalue weighted by atomic mass is 16.3. The number of phenols is 2. The molecular formula is C13H18N4O2. The summed E-state index contributed by atoms with van der Waals surface area (Å²) in [5.74, 6) is 1.05. The van der Waals surface area contributed by atoms with E-state index in [1.54, 1.807) is 12.1 Å². The minimum Gasteiger partial charge on any atom is -0.508 e. The lowest BCUT2D eigenvalue weighted by Gasteiger charge is -2.15. The Morgan fingerprint density at radius 1 is 1.37 bits per heavy atom. The first-order valence-electron chi connectivity index (χ1n) is 6.26. The number of benzene rings is 1. The Morgan fingerprint density at radius 2 is 2.21 bits per heavy atom. The molecular weight excluding hydrogens is 244 g/mol. The SMILES string of the molecule is CC(NCCCc1ncn[nH]1)c1ccc(O)cc1O. The van der Waals surface area contributed by atoms with Gasteiger partial charge in [-0.3, -0.25) is 5.10 Å². The van der Waals surface area contributed by atoms with E-state index in [-0.39, 0.29) is 17.5 Å². The van der Waals surface area contributed by atoms with Gasteiger partial charge in [-0.05, 0) is 26.0 Å². The molecule has 0 bridgehead atoms. The van der Waals surface area contributed by atoms with E-state index in [0.29, 0.717) is 0 Å². The number of aromatic hydroxyl groups is 2. The van der Waals surface area contributed by atoms with Crippen LogP contribution in [0.25, 0.3) is 0 Å². The molecule has 0 saturated heterocycles. The van der Waals surface area contributed by atoms with E-state index in [1.807, 2.05) is 6.92 Å². The number of phenolic OH excluding ortho intramolecular Hbond substituents is 2. The standard InChI is InChI=1S/C13H18N4O2/c1-9(11-5-4-10(18)7-12(11)19)14-6-2-3-13-15-8-16-17-13/h4-5,7-9,14,18-19H,2-3,6H2,1H3,(H,15,16,17). The Kier molecular flexibility index (Phi) is 4.35. The second-order valence-corrected chi connectivity index (χ2v) is 4.45. The maximum atomic E-state index is 9.75. The second-order valence-electron chi connectivity index (χ2n) is 4.45. The predicted octanol–water partition coefficient (Wildman–Crippen LogP) is 1.50. The van der Waals surface area contributed by atoms with E-state index in [1.165, 1.54) is 12.4 Å². The van der Waals surface area contributed by atoms with Crippen LogP contribution in [0.4, 0.5) is 0 Å². The molecule has 0 aliphatic rings. The molecule has 0 aliphatic heterocycles. The highest BCUT2D eigenvalue weighted by Gasteiger charge is 2.10. The van der Waals surface area contributed by atoms with Gasteiger partial charge in [0.2, 0.25) is 0 Å². The van der Waals surface area contributed by atoms with Gasteiger partial charge in [-0.15, -0.1) is 0 Å². The van der Waals surface area contributed by atoms with Gasteiger partial charge in [0, 0.05) is 24.1 Å². The topological polar surface area (TPSA) is 94.1 Å². The molecule has 1 unspecified atom stereocenters. The first-order valence-corrected chi connectivity index (χ1v) is 6.26. The molecule has 2 aromatic rings. The lowest BCUT2D eigenvalue weighted by molar-refractivity contribution is 0.435. The number of aromatic nitrogens is 3. The normalized spacial score (nSPS) is 12.5. The molecule has 1 aromatic heterocycles. The van der Waals surface area contributed by atoms with Crippen molar-refractivity contribution in [1.82, 2.24) is 20.5 Å². The van der Waals surface area contributed by atoms with E-state index in [0.717, 1.165) is 30.8 Å². The Morgan fingerprint density at radius 3 is 2.89 bits per heavy atom. The number of nitrogens with zero attached hydrogens (tertiary/aromatic N) is 2. The summed E-state index contributed by atoms with van der Waals surface area (Å²) in [5.41, 5.74) is 0.775. The molecule has 0 amide bonds. The molecule has 0 fully saturated rings. The average Bonchev–Trinajstić information content (AvgIpc) is 2.87. The molecule has 1 atom stereocenters. The zero-order valence-electron chi connectivity index (χ0n) is 10.8. The minimum atomic E-state index is 0.0235. The number of hydrogen-bond acceptors (Lipinski definition) is 5. The molecule has 6 heteroatoms. The van der Waals surface area contributed by atoms with E-state index in [9.17, 15) is 10.2 Å². The molecule has 6 nitrogen and oxygen atoms in total. The second kappa shape index (κ2) is 6.19. The Labute approximate surface area is 111 Å². The lowest BCUT2D eigenvalue weighted by atomic mass is 10.1. The third-order valence-electron chi connectivity index (χ3n) is 2.99. The van der Waals surface area contributed by atoms with Crippen LogP contribution < -0.4 is 5.32 Å². The number of aryl methyl sites for hydroxylation is 1. The highest BCUT2D eigenvalue weighted by molar-refractivity contribution is 5.40. The van der Waals surface area contributed by atoms with Gasteiger partial charge in [-0.2, -0.15) is 5.10 Å². The molecule has 0 aliphatic carbocycles. The van der Waals surface area contributed by atoms with E-state index in [4.69, 9.17) is 0 Å². The van der Waals surface area contributed by atoms with Gasteiger partial charge in [0.05, 0.1) is 0 Å². The molecule has 0 radical (unpaired) electrons. The smallest absolute Gasteiger partial charge is 0.137 e. The van der Waals surface area contributed by atoms with Gasteiger partial charge >= 0.3 is 0 Å². The van der Waals surface area contributed by atoms with Crippen molar-refractivity contribution < 1.29 is 10.2 Å². The largest absolute Gasteiger partial charge is 0.508 e. The van der Waals surface area contributed by atoms with Gasteiger partial charge in [-0.1, -0.05) is 6.07 Å². The molecule has 1 aromatic carbocycles. The van der Waals surface area contributed by atoms with E-state index in [2.05, 4.69) is 20.5 Å². The number of H-pyrrole nitrogens is 1.